The second-order valence-corrected chi connectivity index (χ2v) is 6.89. The molecule has 1 N–H and O–H groups in total. The third kappa shape index (κ3) is 4.68. The van der Waals surface area contributed by atoms with Crippen molar-refractivity contribution in [1.29, 1.82) is 0 Å². The summed E-state index contributed by atoms with van der Waals surface area (Å²) in [6.45, 7) is 2.48. The number of halogens is 3. The average Bonchev–Trinajstić information content (AvgIpc) is 2.68. The lowest BCUT2D eigenvalue weighted by Crippen LogP contribution is -2.50. The van der Waals surface area contributed by atoms with Gasteiger partial charge in [-0.3, -0.25) is 0 Å². The molecule has 1 heterocycles. The highest BCUT2D eigenvalue weighted by Gasteiger charge is 2.30. The Hall–Kier alpha value is -2.90. The number of hydrogen-bond donors (Lipinski definition) is 1. The molecule has 0 radical (unpaired) electrons. The van der Waals surface area contributed by atoms with Crippen LogP contribution in [0.4, 0.5) is 35.0 Å². The van der Waals surface area contributed by atoms with E-state index >= 15 is 0 Å². The number of rotatable bonds is 3. The molecule has 1 aliphatic rings. The predicted molar refractivity (Wildman–Crippen MR) is 105 cm³/mol. The molecule has 3 rings (SSSR count). The second-order valence-electron chi connectivity index (χ2n) is 6.89. The van der Waals surface area contributed by atoms with Gasteiger partial charge in [0.25, 0.3) is 0 Å². The Morgan fingerprint density at radius 2 is 1.50 bits per heavy atom. The Kier molecular flexibility index (Phi) is 5.67. The Morgan fingerprint density at radius 3 is 2.00 bits per heavy atom. The molecule has 2 aromatic carbocycles. The molecule has 2 aromatic rings. The normalized spacial score (nSPS) is 14.8. The maximum absolute atomic E-state index is 12.6. The number of benzene rings is 2. The summed E-state index contributed by atoms with van der Waals surface area (Å²) in [5.41, 5.74) is 1.84. The monoisotopic (exact) mass is 392 g/mol. The van der Waals surface area contributed by atoms with E-state index in [4.69, 9.17) is 0 Å². The molecule has 0 atom stereocenters. The Morgan fingerprint density at radius 1 is 0.929 bits per heavy atom. The Labute approximate surface area is 162 Å². The van der Waals surface area contributed by atoms with Crippen molar-refractivity contribution in [1.82, 2.24) is 4.90 Å². The van der Waals surface area contributed by atoms with Crippen molar-refractivity contribution in [2.45, 2.75) is 6.18 Å². The van der Waals surface area contributed by atoms with Gasteiger partial charge in [0, 0.05) is 57.3 Å². The number of carbonyl (C=O) groups is 1. The number of carbonyl (C=O) groups excluding carboxylic acids is 1. The second kappa shape index (κ2) is 8.00. The number of nitrogens with zero attached hydrogens (tertiary/aromatic N) is 3. The largest absolute Gasteiger partial charge is 0.416 e. The summed E-state index contributed by atoms with van der Waals surface area (Å²) in [6, 6.07) is 12.4. The minimum Gasteiger partial charge on any atom is -0.378 e. The molecule has 1 fully saturated rings. The molecule has 150 valence electrons. The van der Waals surface area contributed by atoms with Gasteiger partial charge in [0.05, 0.1) is 5.56 Å². The van der Waals surface area contributed by atoms with Crippen molar-refractivity contribution in [3.05, 3.63) is 54.1 Å². The van der Waals surface area contributed by atoms with Gasteiger partial charge in [-0.05, 0) is 48.5 Å². The summed E-state index contributed by atoms with van der Waals surface area (Å²) in [4.78, 5) is 18.3. The summed E-state index contributed by atoms with van der Waals surface area (Å²) in [7, 11) is 3.98. The van der Waals surface area contributed by atoms with Crippen LogP contribution in [0.15, 0.2) is 48.5 Å². The maximum atomic E-state index is 12.6. The molecule has 0 bridgehead atoms. The quantitative estimate of drug-likeness (QED) is 0.854. The lowest BCUT2D eigenvalue weighted by Gasteiger charge is -2.36. The maximum Gasteiger partial charge on any atom is 0.416 e. The first-order chi connectivity index (χ1) is 13.2. The molecule has 28 heavy (non-hydrogen) atoms. The molecule has 0 spiro atoms. The summed E-state index contributed by atoms with van der Waals surface area (Å²) in [6.07, 6.45) is -4.39. The lowest BCUT2D eigenvalue weighted by atomic mass is 10.2. The first kappa shape index (κ1) is 19.9. The van der Waals surface area contributed by atoms with Crippen LogP contribution in [-0.2, 0) is 6.18 Å². The van der Waals surface area contributed by atoms with E-state index < -0.39 is 11.7 Å². The van der Waals surface area contributed by atoms with Crippen molar-refractivity contribution in [3.63, 3.8) is 0 Å². The number of alkyl halides is 3. The molecule has 0 unspecified atom stereocenters. The first-order valence-electron chi connectivity index (χ1n) is 8.99. The first-order valence-corrected chi connectivity index (χ1v) is 8.99. The summed E-state index contributed by atoms with van der Waals surface area (Å²) >= 11 is 0. The van der Waals surface area contributed by atoms with E-state index in [0.29, 0.717) is 31.9 Å². The average molecular weight is 392 g/mol. The molecule has 0 saturated carbocycles. The Balaban J connectivity index is 1.53. The van der Waals surface area contributed by atoms with Crippen LogP contribution in [0.3, 0.4) is 0 Å². The zero-order chi connectivity index (χ0) is 20.3. The van der Waals surface area contributed by atoms with Crippen molar-refractivity contribution in [2.75, 3.05) is 55.4 Å². The molecule has 2 amide bonds. The molecule has 0 aromatic heterocycles. The van der Waals surface area contributed by atoms with Gasteiger partial charge in [0.2, 0.25) is 0 Å². The van der Waals surface area contributed by atoms with Crippen LogP contribution in [0.5, 0.6) is 0 Å². The van der Waals surface area contributed by atoms with E-state index in [-0.39, 0.29) is 6.03 Å². The zero-order valence-corrected chi connectivity index (χ0v) is 15.8. The minimum atomic E-state index is -4.39. The number of urea groups is 1. The van der Waals surface area contributed by atoms with Gasteiger partial charge < -0.3 is 20.0 Å². The van der Waals surface area contributed by atoms with E-state index in [1.807, 2.05) is 19.0 Å². The van der Waals surface area contributed by atoms with Crippen LogP contribution in [0, 0.1) is 0 Å². The van der Waals surface area contributed by atoms with Gasteiger partial charge in [-0.1, -0.05) is 0 Å². The van der Waals surface area contributed by atoms with Gasteiger partial charge >= 0.3 is 12.2 Å². The fourth-order valence-corrected chi connectivity index (χ4v) is 3.07. The minimum absolute atomic E-state index is 0.303. The number of hydrogen-bond acceptors (Lipinski definition) is 3. The topological polar surface area (TPSA) is 38.8 Å². The Bertz CT molecular complexity index is 796. The van der Waals surface area contributed by atoms with E-state index in [0.717, 1.165) is 23.5 Å². The zero-order valence-electron chi connectivity index (χ0n) is 15.8. The molecule has 1 aliphatic heterocycles. The van der Waals surface area contributed by atoms with Crippen LogP contribution in [0.25, 0.3) is 0 Å². The fourth-order valence-electron chi connectivity index (χ4n) is 3.07. The predicted octanol–water partition coefficient (Wildman–Crippen LogP) is 4.13. The van der Waals surface area contributed by atoms with Crippen molar-refractivity contribution in [3.8, 4) is 0 Å². The van der Waals surface area contributed by atoms with Gasteiger partial charge in [-0.2, -0.15) is 13.2 Å². The van der Waals surface area contributed by atoms with Gasteiger partial charge in [0.1, 0.15) is 0 Å². The number of anilines is 3. The molecular formula is C20H23F3N4O. The highest BCUT2D eigenvalue weighted by Crippen LogP contribution is 2.30. The highest BCUT2D eigenvalue weighted by molar-refractivity contribution is 5.89. The van der Waals surface area contributed by atoms with Crippen molar-refractivity contribution < 1.29 is 18.0 Å². The fraction of sp³-hybridized carbons (Fsp3) is 0.350. The highest BCUT2D eigenvalue weighted by atomic mass is 19.4. The summed E-state index contributed by atoms with van der Waals surface area (Å²) in [5, 5.41) is 2.66. The van der Waals surface area contributed by atoms with Crippen LogP contribution >= 0.6 is 0 Å². The number of amides is 2. The van der Waals surface area contributed by atoms with E-state index in [1.54, 1.807) is 4.90 Å². The standard InChI is InChI=1S/C20H23F3N4O/c1-25(2)17-7-9-18(10-8-17)26-11-13-27(14-12-26)19(28)24-16-5-3-15(4-6-16)20(21,22)23/h3-10H,11-14H2,1-2H3,(H,24,28). The van der Waals surface area contributed by atoms with Crippen molar-refractivity contribution >= 4 is 23.1 Å². The van der Waals surface area contributed by atoms with Gasteiger partial charge in [-0.15, -0.1) is 0 Å². The molecule has 8 heteroatoms. The third-order valence-corrected chi connectivity index (χ3v) is 4.76. The van der Waals surface area contributed by atoms with Crippen LogP contribution in [0.1, 0.15) is 5.56 Å². The molecule has 1 saturated heterocycles. The van der Waals surface area contributed by atoms with E-state index in [9.17, 15) is 18.0 Å². The van der Waals surface area contributed by atoms with Crippen molar-refractivity contribution in [2.24, 2.45) is 0 Å². The summed E-state index contributed by atoms with van der Waals surface area (Å²) in [5.74, 6) is 0. The molecular weight excluding hydrogens is 369 g/mol. The molecule has 0 aliphatic carbocycles. The number of nitrogens with one attached hydrogen (secondary N) is 1. The van der Waals surface area contributed by atoms with E-state index in [2.05, 4.69) is 34.5 Å². The summed E-state index contributed by atoms with van der Waals surface area (Å²) < 4.78 is 37.8. The molecule has 5 nitrogen and oxygen atoms in total. The van der Waals surface area contributed by atoms with Crippen LogP contribution < -0.4 is 15.1 Å². The van der Waals surface area contributed by atoms with Crippen LogP contribution in [0.2, 0.25) is 0 Å². The lowest BCUT2D eigenvalue weighted by molar-refractivity contribution is -0.137. The number of piperazine rings is 1. The van der Waals surface area contributed by atoms with Crippen LogP contribution in [-0.4, -0.2) is 51.2 Å². The smallest absolute Gasteiger partial charge is 0.378 e. The van der Waals surface area contributed by atoms with Gasteiger partial charge in [0.15, 0.2) is 0 Å². The third-order valence-electron chi connectivity index (χ3n) is 4.76. The van der Waals surface area contributed by atoms with E-state index in [1.165, 1.54) is 12.1 Å². The SMILES string of the molecule is CN(C)c1ccc(N2CCN(C(=O)Nc3ccc(C(F)(F)F)cc3)CC2)cc1. The van der Waals surface area contributed by atoms with Gasteiger partial charge in [-0.25, -0.2) is 4.79 Å².